The number of rotatable bonds is 7. The summed E-state index contributed by atoms with van der Waals surface area (Å²) in [5.74, 6) is 1.44. The molecule has 0 amide bonds. The molecule has 1 aliphatic rings. The molecule has 1 saturated heterocycles. The van der Waals surface area contributed by atoms with Crippen molar-refractivity contribution in [2.45, 2.75) is 45.2 Å². The first-order valence-corrected chi connectivity index (χ1v) is 8.58. The lowest BCUT2D eigenvalue weighted by molar-refractivity contribution is 0.178. The van der Waals surface area contributed by atoms with Gasteiger partial charge in [-0.2, -0.15) is 4.98 Å². The largest absolute Gasteiger partial charge is 0.340 e. The van der Waals surface area contributed by atoms with Crippen LogP contribution in [-0.4, -0.2) is 40.7 Å². The lowest BCUT2D eigenvalue weighted by Gasteiger charge is -2.32. The Bertz CT molecular complexity index is 584. The molecule has 1 fully saturated rings. The predicted molar refractivity (Wildman–Crippen MR) is 90.1 cm³/mol. The smallest absolute Gasteiger partial charge is 0.223 e. The Morgan fingerprint density at radius 1 is 1.30 bits per heavy atom. The second-order valence-electron chi connectivity index (χ2n) is 6.35. The van der Waals surface area contributed by atoms with Crippen molar-refractivity contribution in [3.63, 3.8) is 0 Å². The zero-order valence-corrected chi connectivity index (χ0v) is 13.9. The third-order valence-electron chi connectivity index (χ3n) is 4.36. The van der Waals surface area contributed by atoms with Gasteiger partial charge in [0.1, 0.15) is 0 Å². The standard InChI is InChI=1S/C18H26N4O/c1-15-20-18(21-23-15)14-22-12-6-10-17(13-22)19-11-5-9-16-7-3-2-4-8-16/h2-4,7-8,17,19H,5-6,9-14H2,1H3/t17-/m0/s1. The highest BCUT2D eigenvalue weighted by molar-refractivity contribution is 5.14. The van der Waals surface area contributed by atoms with E-state index in [1.54, 1.807) is 0 Å². The molecule has 1 atom stereocenters. The van der Waals surface area contributed by atoms with E-state index in [9.17, 15) is 0 Å². The fourth-order valence-corrected chi connectivity index (χ4v) is 3.21. The van der Waals surface area contributed by atoms with Gasteiger partial charge in [-0.3, -0.25) is 4.90 Å². The van der Waals surface area contributed by atoms with Crippen LogP contribution in [0.25, 0.3) is 0 Å². The average Bonchev–Trinajstić information content (AvgIpc) is 2.98. The van der Waals surface area contributed by atoms with Gasteiger partial charge in [-0.1, -0.05) is 35.5 Å². The van der Waals surface area contributed by atoms with Crippen molar-refractivity contribution in [3.8, 4) is 0 Å². The van der Waals surface area contributed by atoms with Crippen molar-refractivity contribution in [2.75, 3.05) is 19.6 Å². The molecular formula is C18H26N4O. The highest BCUT2D eigenvalue weighted by Gasteiger charge is 2.20. The second kappa shape index (κ2) is 8.22. The first kappa shape index (κ1) is 16.1. The predicted octanol–water partition coefficient (Wildman–Crippen LogP) is 2.56. The van der Waals surface area contributed by atoms with Crippen molar-refractivity contribution in [2.24, 2.45) is 0 Å². The first-order chi connectivity index (χ1) is 11.3. The summed E-state index contributed by atoms with van der Waals surface area (Å²) in [7, 11) is 0. The average molecular weight is 314 g/mol. The van der Waals surface area contributed by atoms with Crippen LogP contribution in [0.5, 0.6) is 0 Å². The van der Waals surface area contributed by atoms with Crippen LogP contribution in [0.15, 0.2) is 34.9 Å². The van der Waals surface area contributed by atoms with Crippen LogP contribution in [0, 0.1) is 6.92 Å². The number of hydrogen-bond donors (Lipinski definition) is 1. The molecule has 0 unspecified atom stereocenters. The van der Waals surface area contributed by atoms with Gasteiger partial charge < -0.3 is 9.84 Å². The Hall–Kier alpha value is -1.72. The molecule has 0 radical (unpaired) electrons. The molecule has 3 rings (SSSR count). The van der Waals surface area contributed by atoms with Gasteiger partial charge in [0.15, 0.2) is 5.82 Å². The molecule has 0 spiro atoms. The highest BCUT2D eigenvalue weighted by atomic mass is 16.5. The van der Waals surface area contributed by atoms with Crippen molar-refractivity contribution < 1.29 is 4.52 Å². The van der Waals surface area contributed by atoms with Gasteiger partial charge >= 0.3 is 0 Å². The van der Waals surface area contributed by atoms with Crippen LogP contribution in [0.3, 0.4) is 0 Å². The molecule has 1 aromatic heterocycles. The molecule has 0 saturated carbocycles. The van der Waals surface area contributed by atoms with Gasteiger partial charge in [-0.25, -0.2) is 0 Å². The first-order valence-electron chi connectivity index (χ1n) is 8.58. The molecule has 5 heteroatoms. The zero-order valence-electron chi connectivity index (χ0n) is 13.9. The molecule has 124 valence electrons. The summed E-state index contributed by atoms with van der Waals surface area (Å²) in [5, 5.41) is 7.70. The van der Waals surface area contributed by atoms with E-state index in [4.69, 9.17) is 4.52 Å². The van der Waals surface area contributed by atoms with Crippen molar-refractivity contribution in [1.82, 2.24) is 20.4 Å². The van der Waals surface area contributed by atoms with Gasteiger partial charge in [-0.05, 0) is 44.3 Å². The third kappa shape index (κ3) is 5.15. The Morgan fingerprint density at radius 3 is 2.96 bits per heavy atom. The SMILES string of the molecule is Cc1nc(CN2CCC[C@H](NCCCc3ccccc3)C2)no1. The van der Waals surface area contributed by atoms with Gasteiger partial charge in [0.2, 0.25) is 5.89 Å². The van der Waals surface area contributed by atoms with Gasteiger partial charge in [0.25, 0.3) is 0 Å². The van der Waals surface area contributed by atoms with E-state index in [1.165, 1.54) is 24.8 Å². The molecule has 23 heavy (non-hydrogen) atoms. The van der Waals surface area contributed by atoms with E-state index in [0.29, 0.717) is 11.9 Å². The molecule has 1 aromatic carbocycles. The number of hydrogen-bond acceptors (Lipinski definition) is 5. The number of nitrogens with one attached hydrogen (secondary N) is 1. The number of nitrogens with zero attached hydrogens (tertiary/aromatic N) is 3. The summed E-state index contributed by atoms with van der Waals surface area (Å²) < 4.78 is 5.05. The quantitative estimate of drug-likeness (QED) is 0.796. The monoisotopic (exact) mass is 314 g/mol. The van der Waals surface area contributed by atoms with Gasteiger partial charge in [0, 0.05) is 19.5 Å². The van der Waals surface area contributed by atoms with Crippen LogP contribution in [-0.2, 0) is 13.0 Å². The Labute approximate surface area is 138 Å². The van der Waals surface area contributed by atoms with E-state index < -0.39 is 0 Å². The molecule has 2 heterocycles. The van der Waals surface area contributed by atoms with Crippen molar-refractivity contribution >= 4 is 0 Å². The van der Waals surface area contributed by atoms with E-state index in [1.807, 2.05) is 6.92 Å². The normalized spacial score (nSPS) is 19.1. The number of piperidine rings is 1. The molecule has 0 aliphatic carbocycles. The summed E-state index contributed by atoms with van der Waals surface area (Å²) in [6, 6.07) is 11.3. The minimum absolute atomic E-state index is 0.576. The second-order valence-corrected chi connectivity index (χ2v) is 6.35. The summed E-state index contributed by atoms with van der Waals surface area (Å²) >= 11 is 0. The van der Waals surface area contributed by atoms with Crippen molar-refractivity contribution in [1.29, 1.82) is 0 Å². The van der Waals surface area contributed by atoms with Crippen LogP contribution < -0.4 is 5.32 Å². The summed E-state index contributed by atoms with van der Waals surface area (Å²) in [4.78, 5) is 6.72. The number of aryl methyl sites for hydroxylation is 2. The summed E-state index contributed by atoms with van der Waals surface area (Å²) in [6.07, 6.45) is 4.82. The van der Waals surface area contributed by atoms with Crippen LogP contribution in [0.1, 0.15) is 36.5 Å². The number of likely N-dealkylation sites (tertiary alicyclic amines) is 1. The Balaban J connectivity index is 1.37. The lowest BCUT2D eigenvalue weighted by atomic mass is 10.0. The minimum atomic E-state index is 0.576. The lowest BCUT2D eigenvalue weighted by Crippen LogP contribution is -2.45. The van der Waals surface area contributed by atoms with Crippen LogP contribution in [0.2, 0.25) is 0 Å². The molecular weight excluding hydrogens is 288 g/mol. The van der Waals surface area contributed by atoms with E-state index in [-0.39, 0.29) is 0 Å². The van der Waals surface area contributed by atoms with E-state index >= 15 is 0 Å². The Kier molecular flexibility index (Phi) is 5.77. The maximum Gasteiger partial charge on any atom is 0.223 e. The third-order valence-corrected chi connectivity index (χ3v) is 4.36. The van der Waals surface area contributed by atoms with Gasteiger partial charge in [-0.15, -0.1) is 0 Å². The molecule has 0 bridgehead atoms. The van der Waals surface area contributed by atoms with Gasteiger partial charge in [0.05, 0.1) is 6.54 Å². The van der Waals surface area contributed by atoms with E-state index in [0.717, 1.165) is 38.4 Å². The van der Waals surface area contributed by atoms with Crippen LogP contribution in [0.4, 0.5) is 0 Å². The number of benzene rings is 1. The zero-order chi connectivity index (χ0) is 15.9. The summed E-state index contributed by atoms with van der Waals surface area (Å²) in [6.45, 7) is 5.90. The van der Waals surface area contributed by atoms with Crippen LogP contribution >= 0.6 is 0 Å². The topological polar surface area (TPSA) is 54.2 Å². The fourth-order valence-electron chi connectivity index (χ4n) is 3.21. The molecule has 1 aliphatic heterocycles. The maximum atomic E-state index is 5.05. The van der Waals surface area contributed by atoms with E-state index in [2.05, 4.69) is 50.7 Å². The highest BCUT2D eigenvalue weighted by Crippen LogP contribution is 2.13. The number of aromatic nitrogens is 2. The summed E-state index contributed by atoms with van der Waals surface area (Å²) in [5.41, 5.74) is 1.42. The molecule has 1 N–H and O–H groups in total. The molecule has 5 nitrogen and oxygen atoms in total. The van der Waals surface area contributed by atoms with Crippen molar-refractivity contribution in [3.05, 3.63) is 47.6 Å². The molecule has 2 aromatic rings. The minimum Gasteiger partial charge on any atom is -0.340 e. The fraction of sp³-hybridized carbons (Fsp3) is 0.556. The Morgan fingerprint density at radius 2 is 2.17 bits per heavy atom. The maximum absolute atomic E-state index is 5.05.